The van der Waals surface area contributed by atoms with Gasteiger partial charge in [-0.3, -0.25) is 33.5 Å². The van der Waals surface area contributed by atoms with E-state index in [0.29, 0.717) is 108 Å². The number of nitriles is 1. The van der Waals surface area contributed by atoms with Gasteiger partial charge in [0.1, 0.15) is 70.7 Å². The Balaban J connectivity index is 0.000000147. The Kier molecular flexibility index (Phi) is 20.2. The summed E-state index contributed by atoms with van der Waals surface area (Å²) in [6, 6.07) is 27.3. The van der Waals surface area contributed by atoms with Crippen LogP contribution in [0.4, 0.5) is 28.8 Å². The van der Waals surface area contributed by atoms with E-state index in [1.165, 1.54) is 47.4 Å². The van der Waals surface area contributed by atoms with Crippen molar-refractivity contribution in [2.24, 2.45) is 0 Å². The van der Waals surface area contributed by atoms with Crippen molar-refractivity contribution < 1.29 is 13.8 Å². The summed E-state index contributed by atoms with van der Waals surface area (Å²) >= 11 is 0. The van der Waals surface area contributed by atoms with E-state index in [2.05, 4.69) is 102 Å². The maximum atomic E-state index is 14.0. The summed E-state index contributed by atoms with van der Waals surface area (Å²) in [6.07, 6.45) is 17.4. The van der Waals surface area contributed by atoms with Crippen molar-refractivity contribution in [2.75, 3.05) is 23.1 Å². The van der Waals surface area contributed by atoms with Crippen LogP contribution in [-0.4, -0.2) is 90.9 Å². The molecule has 14 aromatic rings. The number of benzene rings is 3. The summed E-state index contributed by atoms with van der Waals surface area (Å²) in [4.78, 5) is 99.8. The van der Waals surface area contributed by atoms with Crippen LogP contribution in [0.5, 0.6) is 6.01 Å². The van der Waals surface area contributed by atoms with Gasteiger partial charge in [0.25, 0.3) is 16.7 Å². The maximum absolute atomic E-state index is 14.0. The lowest BCUT2D eigenvalue weighted by molar-refractivity contribution is 0.380. The monoisotopic (exact) mass is 1380 g/mol. The highest BCUT2D eigenvalue weighted by Gasteiger charge is 2.26. The van der Waals surface area contributed by atoms with Crippen LogP contribution in [-0.2, 0) is 0 Å². The van der Waals surface area contributed by atoms with Gasteiger partial charge in [0, 0.05) is 90.1 Å². The van der Waals surface area contributed by atoms with Crippen molar-refractivity contribution in [3.63, 3.8) is 0 Å². The van der Waals surface area contributed by atoms with E-state index in [-0.39, 0.29) is 40.5 Å². The van der Waals surface area contributed by atoms with Gasteiger partial charge in [0.05, 0.1) is 72.1 Å². The second kappa shape index (κ2) is 30.1. The summed E-state index contributed by atoms with van der Waals surface area (Å²) in [6.45, 7) is 33.5. The van der Waals surface area contributed by atoms with Crippen LogP contribution in [0.25, 0.3) is 87.0 Å². The smallest absolute Gasteiger partial charge is 0.316 e. The molecule has 0 unspecified atom stereocenters. The van der Waals surface area contributed by atoms with Gasteiger partial charge in [-0.15, -0.1) is 0 Å². The van der Waals surface area contributed by atoms with Gasteiger partial charge in [-0.2, -0.15) is 5.26 Å². The summed E-state index contributed by atoms with van der Waals surface area (Å²) in [5.41, 5.74) is 6.73. The summed E-state index contributed by atoms with van der Waals surface area (Å²) in [5.74, 6) is 4.85. The number of hydrogen-bond donors (Lipinski definition) is 3. The minimum atomic E-state index is -0.429. The van der Waals surface area contributed by atoms with E-state index in [1.807, 2.05) is 121 Å². The molecular weight excluding hydrogens is 1320 g/mol. The maximum Gasteiger partial charge on any atom is 0.316 e. The van der Waals surface area contributed by atoms with Crippen molar-refractivity contribution in [2.45, 2.75) is 93.4 Å². The highest BCUT2D eigenvalue weighted by Crippen LogP contribution is 2.35. The molecule has 104 heavy (non-hydrogen) atoms. The Bertz CT molecular complexity index is 5860. The molecule has 0 aliphatic carbocycles. The van der Waals surface area contributed by atoms with E-state index < -0.39 is 12.1 Å². The molecule has 3 atom stereocenters. The molecule has 11 aromatic heterocycles. The highest BCUT2D eigenvalue weighted by atomic mass is 16.5. The molecule has 516 valence electrons. The lowest BCUT2D eigenvalue weighted by Gasteiger charge is -2.24. The van der Waals surface area contributed by atoms with Crippen molar-refractivity contribution in [1.29, 1.82) is 5.26 Å². The van der Waals surface area contributed by atoms with Gasteiger partial charge in [0.2, 0.25) is 11.4 Å². The largest absolute Gasteiger partial charge is 0.467 e. The van der Waals surface area contributed by atoms with Gasteiger partial charge in [-0.05, 0) is 120 Å². The number of hydrogen-bond acceptors (Lipinski definition) is 24. The lowest BCUT2D eigenvalue weighted by atomic mass is 9.99. The molecular formula is C75H65N23O6. The van der Waals surface area contributed by atoms with Gasteiger partial charge in [-0.25, -0.2) is 59.5 Å². The first kappa shape index (κ1) is 69.7. The molecule has 0 spiro atoms. The zero-order chi connectivity index (χ0) is 73.5. The highest BCUT2D eigenvalue weighted by molar-refractivity contribution is 5.98. The van der Waals surface area contributed by atoms with Crippen LogP contribution in [0.15, 0.2) is 177 Å². The quantitative estimate of drug-likeness (QED) is 0.0756. The van der Waals surface area contributed by atoms with Gasteiger partial charge < -0.3 is 34.3 Å². The number of anilines is 3. The normalized spacial score (nSPS) is 11.9. The number of ether oxygens (including phenoxy) is 1. The third-order valence-electron chi connectivity index (χ3n) is 16.8. The van der Waals surface area contributed by atoms with Crippen molar-refractivity contribution in [3.8, 4) is 57.1 Å². The Morgan fingerprint density at radius 3 is 1.22 bits per heavy atom. The summed E-state index contributed by atoms with van der Waals surface area (Å²) in [7, 11) is 1.49. The zero-order valence-electron chi connectivity index (χ0n) is 58.1. The first-order valence-corrected chi connectivity index (χ1v) is 32.5. The third-order valence-corrected chi connectivity index (χ3v) is 16.8. The average molecular weight is 1380 g/mol. The molecule has 0 fully saturated rings. The number of aryl methyl sites for hydroxylation is 5. The second-order valence-corrected chi connectivity index (χ2v) is 24.2. The number of pyridine rings is 3. The molecule has 3 aromatic carbocycles. The van der Waals surface area contributed by atoms with Gasteiger partial charge in [-0.1, -0.05) is 64.9 Å². The third kappa shape index (κ3) is 14.4. The molecule has 0 saturated carbocycles. The fraction of sp³-hybridized carbons (Fsp3) is 0.200. The number of aromatic nitrogens is 17. The van der Waals surface area contributed by atoms with E-state index in [4.69, 9.17) is 26.9 Å². The summed E-state index contributed by atoms with van der Waals surface area (Å²) in [5, 5.41) is 31.2. The molecule has 0 amide bonds. The standard InChI is InChI=1S/C25H20N8O3.C25H20N8O2.C25H25N7O/c1-14(30-23-19(26-3)13-27-15(2)31-23)20-10-16-6-5-7-18(17-11-28-25(35-4)29-12-17)22(16)24(34)33(20)21-8-9-36-32-21;1-14(30-24-20(26-4)13-29-16(3)31-24)21-10-17-6-5-7-19(18-11-27-15(2)28-12-18)23(17)25(34)33(21)22-8-9-35-32-22;1-14(2)32-22(15(3)30-24-19(10-26)11-29-17(5)31-24)9-18-7-6-8-21(23(18)25(32)33)20-12-27-16(4)28-13-20/h5-14H,1-2,4H3,(H,27,30,31);5-14H,1-3H3,(H,29,30,31);6-9,11-15H,1-5H3,(H,29,30,31)/t2*14-;15-/m000/s1. The Labute approximate surface area is 593 Å². The minimum absolute atomic E-state index is 0.0777. The SMILES string of the molecule is Cc1ncc(-c2cccc3cc([C@H](C)Nc4nc(C)ncc4C#N)n(C(C)C)c(=O)c23)cn1.[C-]#[N+]c1cnc(C)nc1N[C@@H](C)c1cc2cccc(-c3cnc(C)nc3)c2c(=O)n1-c1ccon1.[C-]#[N+]c1cnc(C)nc1N[C@@H](C)c1cc2cccc(-c3cnc(OC)nc3)c2c(=O)n1-c1ccon1. The Hall–Kier alpha value is -14.1. The van der Waals surface area contributed by atoms with Crippen molar-refractivity contribution in [1.82, 2.24) is 83.8 Å². The predicted octanol–water partition coefficient (Wildman–Crippen LogP) is 13.3. The minimum Gasteiger partial charge on any atom is -0.467 e. The summed E-state index contributed by atoms with van der Waals surface area (Å²) < 4.78 is 20.0. The van der Waals surface area contributed by atoms with E-state index >= 15 is 0 Å². The molecule has 14 rings (SSSR count). The number of nitrogens with one attached hydrogen (secondary N) is 3. The molecule has 0 radical (unpaired) electrons. The van der Waals surface area contributed by atoms with Crippen LogP contribution >= 0.6 is 0 Å². The topological polar surface area (TPSA) is 351 Å². The zero-order valence-corrected chi connectivity index (χ0v) is 58.1. The Morgan fingerprint density at radius 1 is 0.471 bits per heavy atom. The van der Waals surface area contributed by atoms with Crippen molar-refractivity contribution >= 4 is 61.1 Å². The number of nitrogens with zero attached hydrogens (tertiary/aromatic N) is 20. The van der Waals surface area contributed by atoms with Crippen molar-refractivity contribution in [3.05, 3.63) is 259 Å². The van der Waals surface area contributed by atoms with Crippen LogP contribution in [0.1, 0.15) is 111 Å². The molecule has 0 aliphatic heterocycles. The average Bonchev–Trinajstić information content (AvgIpc) is 1.42. The fourth-order valence-corrected chi connectivity index (χ4v) is 11.9. The Morgan fingerprint density at radius 2 is 0.837 bits per heavy atom. The molecule has 0 aliphatic rings. The molecule has 29 nitrogen and oxygen atoms in total. The molecule has 11 heterocycles. The molecule has 0 bridgehead atoms. The number of rotatable bonds is 16. The van der Waals surface area contributed by atoms with E-state index in [0.717, 1.165) is 44.1 Å². The van der Waals surface area contributed by atoms with E-state index in [1.54, 1.807) is 74.7 Å². The number of fused-ring (bicyclic) bond motifs is 3. The van der Waals surface area contributed by atoms with E-state index in [9.17, 15) is 19.6 Å². The van der Waals surface area contributed by atoms with Crippen LogP contribution in [0.2, 0.25) is 0 Å². The fourth-order valence-electron chi connectivity index (χ4n) is 11.9. The van der Waals surface area contributed by atoms with Crippen LogP contribution in [0.3, 0.4) is 0 Å². The van der Waals surface area contributed by atoms with Crippen LogP contribution in [0, 0.1) is 59.1 Å². The molecule has 0 saturated heterocycles. The molecule has 29 heteroatoms. The van der Waals surface area contributed by atoms with Gasteiger partial charge >= 0.3 is 6.01 Å². The molecule has 3 N–H and O–H groups in total. The van der Waals surface area contributed by atoms with Gasteiger partial charge in [0.15, 0.2) is 11.6 Å². The predicted molar refractivity (Wildman–Crippen MR) is 391 cm³/mol. The first-order valence-electron chi connectivity index (χ1n) is 32.5. The van der Waals surface area contributed by atoms with Crippen LogP contribution < -0.4 is 37.4 Å². The lowest BCUT2D eigenvalue weighted by Crippen LogP contribution is -2.28. The first-order chi connectivity index (χ1) is 50.2. The number of methoxy groups -OCH3 is 1. The second-order valence-electron chi connectivity index (χ2n) is 24.2.